The molecule has 1 aliphatic rings. The van der Waals surface area contributed by atoms with Crippen molar-refractivity contribution in [2.45, 2.75) is 39.2 Å². The summed E-state index contributed by atoms with van der Waals surface area (Å²) in [6.45, 7) is 4.42. The van der Waals surface area contributed by atoms with Crippen molar-refractivity contribution < 1.29 is 28.2 Å². The van der Waals surface area contributed by atoms with Gasteiger partial charge >= 0.3 is 5.97 Å². The van der Waals surface area contributed by atoms with E-state index in [1.54, 1.807) is 12.1 Å². The number of hydrogen-bond acceptors (Lipinski definition) is 9. The largest absolute Gasteiger partial charge is 0.490 e. The number of carbonyl (C=O) groups is 1. The van der Waals surface area contributed by atoms with Gasteiger partial charge in [0.1, 0.15) is 24.0 Å². The molecule has 0 saturated heterocycles. The molecule has 0 radical (unpaired) electrons. The number of benzene rings is 1. The average Bonchev–Trinajstić information content (AvgIpc) is 3.49. The minimum atomic E-state index is -0.561. The Labute approximate surface area is 202 Å². The molecule has 182 valence electrons. The van der Waals surface area contributed by atoms with Crippen molar-refractivity contribution in [3.63, 3.8) is 0 Å². The van der Waals surface area contributed by atoms with Crippen LogP contribution < -0.4 is 19.9 Å². The van der Waals surface area contributed by atoms with Gasteiger partial charge < -0.3 is 29.1 Å². The van der Waals surface area contributed by atoms with Crippen molar-refractivity contribution in [3.8, 4) is 23.4 Å². The standard InChI is InChI=1S/C25H26N4O6/c1-4-6-17-22-21(16(12-26)23(27)35-24(22)29-28-17)14-7-9-18(20(11-14)32-5-2)33-13-15-8-10-19(34-15)25(30)31-3/h7-11,21H,4-6,13,27H2,1-3H3,(H,28,29). The third kappa shape index (κ3) is 4.66. The highest BCUT2D eigenvalue weighted by atomic mass is 16.5. The quantitative estimate of drug-likeness (QED) is 0.437. The van der Waals surface area contributed by atoms with Gasteiger partial charge in [-0.3, -0.25) is 5.10 Å². The minimum Gasteiger partial charge on any atom is -0.490 e. The van der Waals surface area contributed by atoms with Gasteiger partial charge in [0.2, 0.25) is 17.5 Å². The maximum atomic E-state index is 11.6. The molecular weight excluding hydrogens is 452 g/mol. The molecule has 1 aromatic carbocycles. The van der Waals surface area contributed by atoms with E-state index in [4.69, 9.17) is 24.4 Å². The van der Waals surface area contributed by atoms with Crippen LogP contribution in [0.2, 0.25) is 0 Å². The van der Waals surface area contributed by atoms with Crippen molar-refractivity contribution in [3.05, 3.63) is 70.1 Å². The second kappa shape index (κ2) is 10.3. The van der Waals surface area contributed by atoms with Gasteiger partial charge in [-0.2, -0.15) is 5.26 Å². The van der Waals surface area contributed by atoms with Crippen LogP contribution in [0.25, 0.3) is 0 Å². The van der Waals surface area contributed by atoms with Crippen molar-refractivity contribution in [1.29, 1.82) is 5.26 Å². The van der Waals surface area contributed by atoms with E-state index in [1.165, 1.54) is 13.2 Å². The van der Waals surface area contributed by atoms with Gasteiger partial charge in [-0.15, -0.1) is 5.10 Å². The number of furan rings is 1. The molecule has 1 unspecified atom stereocenters. The zero-order valence-electron chi connectivity index (χ0n) is 19.7. The zero-order chi connectivity index (χ0) is 24.9. The number of aromatic nitrogens is 2. The molecule has 0 amide bonds. The second-order valence-electron chi connectivity index (χ2n) is 7.78. The Balaban J connectivity index is 1.67. The van der Waals surface area contributed by atoms with Crippen molar-refractivity contribution >= 4 is 5.97 Å². The molecule has 1 atom stereocenters. The lowest BCUT2D eigenvalue weighted by atomic mass is 9.83. The number of allylic oxidation sites excluding steroid dienone is 1. The molecule has 3 heterocycles. The van der Waals surface area contributed by atoms with Crippen molar-refractivity contribution in [2.75, 3.05) is 13.7 Å². The highest BCUT2D eigenvalue weighted by Crippen LogP contribution is 2.45. The molecule has 35 heavy (non-hydrogen) atoms. The molecule has 0 spiro atoms. The van der Waals surface area contributed by atoms with Crippen LogP contribution in [-0.2, 0) is 17.8 Å². The van der Waals surface area contributed by atoms with Gasteiger partial charge in [0, 0.05) is 11.3 Å². The fourth-order valence-corrected chi connectivity index (χ4v) is 3.99. The molecule has 1 aliphatic heterocycles. The number of rotatable bonds is 9. The van der Waals surface area contributed by atoms with E-state index < -0.39 is 11.9 Å². The van der Waals surface area contributed by atoms with E-state index in [2.05, 4.69) is 27.9 Å². The number of nitrogens with one attached hydrogen (secondary N) is 1. The Kier molecular flexibility index (Phi) is 6.96. The number of H-pyrrole nitrogens is 1. The molecular formula is C25H26N4O6. The summed E-state index contributed by atoms with van der Waals surface area (Å²) in [5.74, 6) is 0.891. The molecule has 0 bridgehead atoms. The van der Waals surface area contributed by atoms with Crippen LogP contribution in [0.15, 0.2) is 46.2 Å². The number of nitriles is 1. The van der Waals surface area contributed by atoms with Gasteiger partial charge in [0.25, 0.3) is 0 Å². The Bertz CT molecular complexity index is 1300. The highest BCUT2D eigenvalue weighted by molar-refractivity contribution is 5.86. The first-order valence-corrected chi connectivity index (χ1v) is 11.2. The van der Waals surface area contributed by atoms with Crippen LogP contribution in [0.1, 0.15) is 59.3 Å². The summed E-state index contributed by atoms with van der Waals surface area (Å²) >= 11 is 0. The van der Waals surface area contributed by atoms with Gasteiger partial charge in [-0.25, -0.2) is 4.79 Å². The predicted octanol–water partition coefficient (Wildman–Crippen LogP) is 3.94. The van der Waals surface area contributed by atoms with Crippen molar-refractivity contribution in [1.82, 2.24) is 10.2 Å². The number of fused-ring (bicyclic) bond motifs is 1. The Morgan fingerprint density at radius 1 is 1.23 bits per heavy atom. The third-order valence-corrected chi connectivity index (χ3v) is 5.54. The number of nitrogens with two attached hydrogens (primary N) is 1. The molecule has 0 saturated carbocycles. The first kappa shape index (κ1) is 23.8. The van der Waals surface area contributed by atoms with E-state index in [0.29, 0.717) is 35.3 Å². The fourth-order valence-electron chi connectivity index (χ4n) is 3.99. The first-order chi connectivity index (χ1) is 17.0. The van der Waals surface area contributed by atoms with Crippen LogP contribution >= 0.6 is 0 Å². The van der Waals surface area contributed by atoms with Crippen LogP contribution in [0.5, 0.6) is 17.4 Å². The Morgan fingerprint density at radius 3 is 2.77 bits per heavy atom. The summed E-state index contributed by atoms with van der Waals surface area (Å²) in [6.07, 6.45) is 1.64. The smallest absolute Gasteiger partial charge is 0.373 e. The van der Waals surface area contributed by atoms with Crippen molar-refractivity contribution in [2.24, 2.45) is 5.73 Å². The summed E-state index contributed by atoms with van der Waals surface area (Å²) < 4.78 is 27.5. The lowest BCUT2D eigenvalue weighted by Crippen LogP contribution is -2.21. The van der Waals surface area contributed by atoms with Gasteiger partial charge in [-0.05, 0) is 43.2 Å². The summed E-state index contributed by atoms with van der Waals surface area (Å²) in [4.78, 5) is 11.6. The van der Waals surface area contributed by atoms with E-state index in [9.17, 15) is 10.1 Å². The Hall–Kier alpha value is -4.39. The number of nitrogens with zero attached hydrogens (tertiary/aromatic N) is 2. The SMILES string of the molecule is CCCc1[nH]nc2c1C(c1ccc(OCc3ccc(C(=O)OC)o3)c(OCC)c1)C(C#N)=C(N)O2. The molecule has 3 aromatic rings. The second-order valence-corrected chi connectivity index (χ2v) is 7.78. The monoisotopic (exact) mass is 478 g/mol. The number of ether oxygens (including phenoxy) is 4. The number of methoxy groups -OCH3 is 1. The average molecular weight is 479 g/mol. The first-order valence-electron chi connectivity index (χ1n) is 11.2. The Morgan fingerprint density at radius 2 is 2.06 bits per heavy atom. The fraction of sp³-hybridized carbons (Fsp3) is 0.320. The topological polar surface area (TPSA) is 146 Å². The molecule has 2 aromatic heterocycles. The van der Waals surface area contributed by atoms with E-state index >= 15 is 0 Å². The number of esters is 1. The summed E-state index contributed by atoms with van der Waals surface area (Å²) in [5, 5.41) is 17.2. The van der Waals surface area contributed by atoms with E-state index in [0.717, 1.165) is 29.7 Å². The number of aryl methyl sites for hydroxylation is 1. The molecule has 4 rings (SSSR count). The highest BCUT2D eigenvalue weighted by Gasteiger charge is 2.35. The van der Waals surface area contributed by atoms with E-state index in [-0.39, 0.29) is 18.3 Å². The molecule has 10 heteroatoms. The predicted molar refractivity (Wildman–Crippen MR) is 124 cm³/mol. The summed E-state index contributed by atoms with van der Waals surface area (Å²) in [6, 6.07) is 10.8. The normalized spacial score (nSPS) is 14.6. The maximum absolute atomic E-state index is 11.6. The third-order valence-electron chi connectivity index (χ3n) is 5.54. The maximum Gasteiger partial charge on any atom is 0.373 e. The van der Waals surface area contributed by atoms with Crippen LogP contribution in [0.3, 0.4) is 0 Å². The molecule has 0 aliphatic carbocycles. The lowest BCUT2D eigenvalue weighted by molar-refractivity contribution is 0.0561. The summed E-state index contributed by atoms with van der Waals surface area (Å²) in [7, 11) is 1.29. The van der Waals surface area contributed by atoms with E-state index in [1.807, 2.05) is 19.1 Å². The number of carbonyl (C=O) groups excluding carboxylic acids is 1. The number of aromatic amines is 1. The molecule has 0 fully saturated rings. The molecule has 3 N–H and O–H groups in total. The molecule has 10 nitrogen and oxygen atoms in total. The van der Waals surface area contributed by atoms with Crippen LogP contribution in [-0.4, -0.2) is 29.9 Å². The van der Waals surface area contributed by atoms with Gasteiger partial charge in [0.15, 0.2) is 11.5 Å². The zero-order valence-corrected chi connectivity index (χ0v) is 19.7. The lowest BCUT2D eigenvalue weighted by Gasteiger charge is -2.25. The van der Waals surface area contributed by atoms with Gasteiger partial charge in [0.05, 0.1) is 19.6 Å². The minimum absolute atomic E-state index is 0.0251. The summed E-state index contributed by atoms with van der Waals surface area (Å²) in [5.41, 5.74) is 8.84. The van der Waals surface area contributed by atoms with Crippen LogP contribution in [0.4, 0.5) is 0 Å². The number of hydrogen-bond donors (Lipinski definition) is 2. The van der Waals surface area contributed by atoms with Crippen LogP contribution in [0, 0.1) is 11.3 Å². The van der Waals surface area contributed by atoms with Gasteiger partial charge in [-0.1, -0.05) is 19.4 Å².